The van der Waals surface area contributed by atoms with E-state index in [1.54, 1.807) is 30.3 Å². The van der Waals surface area contributed by atoms with Gasteiger partial charge in [-0.15, -0.1) is 0 Å². The normalized spacial score (nSPS) is 11.0. The number of ether oxygens (including phenoxy) is 2. The maximum Gasteiger partial charge on any atom is 0.265 e. The number of carbonyl (C=O) groups is 1. The van der Waals surface area contributed by atoms with Crippen LogP contribution in [0.5, 0.6) is 11.5 Å². The van der Waals surface area contributed by atoms with Gasteiger partial charge in [0, 0.05) is 12.1 Å². The topological polar surface area (TPSA) is 93.7 Å². The molecule has 0 fully saturated rings. The number of sulfonamides is 1. The number of rotatable bonds is 10. The lowest BCUT2D eigenvalue weighted by molar-refractivity contribution is -0.116. The van der Waals surface area contributed by atoms with E-state index in [0.717, 1.165) is 11.3 Å². The minimum Gasteiger partial charge on any atom is -0.495 e. The third kappa shape index (κ3) is 6.87. The molecule has 0 radical (unpaired) electrons. The lowest BCUT2D eigenvalue weighted by atomic mass is 10.2. The summed E-state index contributed by atoms with van der Waals surface area (Å²) in [6.45, 7) is 2.37. The summed E-state index contributed by atoms with van der Waals surface area (Å²) in [6.07, 6.45) is 0.729. The Morgan fingerprint density at radius 2 is 1.82 bits per heavy atom. The zero-order valence-electron chi connectivity index (χ0n) is 18.3. The lowest BCUT2D eigenvalue weighted by Crippen LogP contribution is -2.16. The number of hydrogen-bond donors (Lipinski definition) is 2. The molecule has 0 aromatic heterocycles. The Morgan fingerprint density at radius 3 is 2.55 bits per heavy atom. The van der Waals surface area contributed by atoms with Gasteiger partial charge in [-0.1, -0.05) is 35.9 Å². The van der Waals surface area contributed by atoms with Gasteiger partial charge in [-0.2, -0.15) is 0 Å². The van der Waals surface area contributed by atoms with Crippen LogP contribution in [0.2, 0.25) is 5.02 Å². The van der Waals surface area contributed by atoms with Crippen LogP contribution in [0, 0.1) is 6.92 Å². The molecule has 174 valence electrons. The highest BCUT2D eigenvalue weighted by Gasteiger charge is 2.21. The fraction of sp³-hybridized carbons (Fsp3) is 0.208. The van der Waals surface area contributed by atoms with Crippen LogP contribution in [0.25, 0.3) is 0 Å². The molecule has 0 saturated carbocycles. The molecule has 0 aliphatic carbocycles. The first-order chi connectivity index (χ1) is 15.8. The van der Waals surface area contributed by atoms with Gasteiger partial charge in [-0.25, -0.2) is 8.42 Å². The zero-order valence-corrected chi connectivity index (χ0v) is 19.9. The summed E-state index contributed by atoms with van der Waals surface area (Å²) in [5.74, 6) is 0.640. The zero-order chi connectivity index (χ0) is 23.8. The predicted molar refractivity (Wildman–Crippen MR) is 130 cm³/mol. The first-order valence-electron chi connectivity index (χ1n) is 10.2. The molecule has 0 saturated heterocycles. The molecule has 7 nitrogen and oxygen atoms in total. The summed E-state index contributed by atoms with van der Waals surface area (Å²) in [5.41, 5.74) is 1.67. The maximum atomic E-state index is 13.0. The monoisotopic (exact) mass is 488 g/mol. The summed E-state index contributed by atoms with van der Waals surface area (Å²) in [7, 11) is -2.65. The van der Waals surface area contributed by atoms with Crippen LogP contribution in [0.15, 0.2) is 71.6 Å². The number of hydrogen-bond acceptors (Lipinski definition) is 5. The molecule has 9 heteroatoms. The van der Waals surface area contributed by atoms with Crippen LogP contribution in [-0.2, 0) is 14.8 Å². The summed E-state index contributed by atoms with van der Waals surface area (Å²) in [6, 6.07) is 18.6. The quantitative estimate of drug-likeness (QED) is 0.380. The second-order valence-electron chi connectivity index (χ2n) is 7.27. The minimum absolute atomic E-state index is 0.120. The highest BCUT2D eigenvalue weighted by Crippen LogP contribution is 2.31. The van der Waals surface area contributed by atoms with Crippen molar-refractivity contribution in [3.05, 3.63) is 77.3 Å². The second-order valence-corrected chi connectivity index (χ2v) is 9.33. The van der Waals surface area contributed by atoms with E-state index in [-0.39, 0.29) is 33.7 Å². The second kappa shape index (κ2) is 11.1. The molecule has 0 aliphatic rings. The average molecular weight is 489 g/mol. The summed E-state index contributed by atoms with van der Waals surface area (Å²) >= 11 is 6.07. The fourth-order valence-electron chi connectivity index (χ4n) is 3.06. The van der Waals surface area contributed by atoms with E-state index in [2.05, 4.69) is 10.0 Å². The van der Waals surface area contributed by atoms with Gasteiger partial charge in [0.1, 0.15) is 16.4 Å². The van der Waals surface area contributed by atoms with Gasteiger partial charge >= 0.3 is 0 Å². The van der Waals surface area contributed by atoms with Crippen molar-refractivity contribution >= 4 is 38.9 Å². The van der Waals surface area contributed by atoms with E-state index >= 15 is 0 Å². The van der Waals surface area contributed by atoms with Gasteiger partial charge in [0.05, 0.1) is 24.4 Å². The van der Waals surface area contributed by atoms with Crippen LogP contribution in [0.4, 0.5) is 11.4 Å². The van der Waals surface area contributed by atoms with E-state index in [1.165, 1.54) is 19.2 Å². The summed E-state index contributed by atoms with van der Waals surface area (Å²) in [4.78, 5) is 12.2. The Labute approximate surface area is 198 Å². The van der Waals surface area contributed by atoms with Crippen molar-refractivity contribution in [2.75, 3.05) is 23.8 Å². The van der Waals surface area contributed by atoms with Crippen molar-refractivity contribution in [3.8, 4) is 11.5 Å². The Kier molecular flexibility index (Phi) is 8.19. The molecule has 0 spiro atoms. The molecule has 0 heterocycles. The van der Waals surface area contributed by atoms with Crippen molar-refractivity contribution in [3.63, 3.8) is 0 Å². The van der Waals surface area contributed by atoms with Crippen molar-refractivity contribution in [2.45, 2.75) is 24.7 Å². The molecule has 2 N–H and O–H groups in total. The van der Waals surface area contributed by atoms with Crippen LogP contribution in [0.3, 0.4) is 0 Å². The molecule has 3 rings (SSSR count). The number of amides is 1. The number of aryl methyl sites for hydroxylation is 1. The van der Waals surface area contributed by atoms with Crippen LogP contribution in [0.1, 0.15) is 18.4 Å². The average Bonchev–Trinajstić information content (AvgIpc) is 2.78. The molecular formula is C24H25ClN2O5S. The number of halogens is 1. The highest BCUT2D eigenvalue weighted by molar-refractivity contribution is 7.92. The Hall–Kier alpha value is -3.23. The first-order valence-corrected chi connectivity index (χ1v) is 12.1. The van der Waals surface area contributed by atoms with E-state index in [9.17, 15) is 13.2 Å². The predicted octanol–water partition coefficient (Wildman–Crippen LogP) is 5.26. The van der Waals surface area contributed by atoms with Gasteiger partial charge in [0.15, 0.2) is 0 Å². The number of carbonyl (C=O) groups excluding carboxylic acids is 1. The lowest BCUT2D eigenvalue weighted by Gasteiger charge is -2.14. The molecule has 1 amide bonds. The fourth-order valence-corrected chi connectivity index (χ4v) is 4.57. The van der Waals surface area contributed by atoms with E-state index in [1.807, 2.05) is 31.2 Å². The van der Waals surface area contributed by atoms with Crippen molar-refractivity contribution in [2.24, 2.45) is 0 Å². The molecule has 0 aliphatic heterocycles. The summed E-state index contributed by atoms with van der Waals surface area (Å²) < 4.78 is 39.2. The Balaban J connectivity index is 1.63. The molecule has 0 atom stereocenters. The number of anilines is 2. The molecule has 0 unspecified atom stereocenters. The molecule has 3 aromatic carbocycles. The van der Waals surface area contributed by atoms with Gasteiger partial charge < -0.3 is 14.8 Å². The number of nitrogens with one attached hydrogen (secondary N) is 2. The van der Waals surface area contributed by atoms with Crippen molar-refractivity contribution in [1.82, 2.24) is 0 Å². The SMILES string of the molecule is COc1ccc(NC(=O)CCCOc2cccc(C)c2)cc1S(=O)(=O)Nc1ccccc1Cl. The highest BCUT2D eigenvalue weighted by atomic mass is 35.5. The third-order valence-electron chi connectivity index (χ3n) is 4.66. The van der Waals surface area contributed by atoms with E-state index in [4.69, 9.17) is 21.1 Å². The molecule has 33 heavy (non-hydrogen) atoms. The molecular weight excluding hydrogens is 464 g/mol. The standard InChI is InChI=1S/C24H25ClN2O5S/c1-17-7-5-8-19(15-17)32-14-6-11-24(28)26-18-12-13-22(31-2)23(16-18)33(29,30)27-21-10-4-3-9-20(21)25/h3-5,7-10,12-13,15-16,27H,6,11,14H2,1-2H3,(H,26,28). The Bertz CT molecular complexity index is 1230. The van der Waals surface area contributed by atoms with Crippen molar-refractivity contribution in [1.29, 1.82) is 0 Å². The van der Waals surface area contributed by atoms with Crippen LogP contribution in [-0.4, -0.2) is 28.0 Å². The molecule has 3 aromatic rings. The maximum absolute atomic E-state index is 13.0. The first kappa shape index (κ1) is 24.4. The van der Waals surface area contributed by atoms with Crippen LogP contribution >= 0.6 is 11.6 Å². The number of methoxy groups -OCH3 is 1. The minimum atomic E-state index is -4.02. The van der Waals surface area contributed by atoms with Crippen molar-refractivity contribution < 1.29 is 22.7 Å². The Morgan fingerprint density at radius 1 is 1.03 bits per heavy atom. The molecule has 0 bridgehead atoms. The largest absolute Gasteiger partial charge is 0.495 e. The van der Waals surface area contributed by atoms with E-state index < -0.39 is 10.0 Å². The third-order valence-corrected chi connectivity index (χ3v) is 6.38. The number of para-hydroxylation sites is 1. The van der Waals surface area contributed by atoms with Gasteiger partial charge in [-0.05, 0) is 61.4 Å². The van der Waals surface area contributed by atoms with E-state index in [0.29, 0.717) is 18.7 Å². The van der Waals surface area contributed by atoms with Gasteiger partial charge in [0.2, 0.25) is 5.91 Å². The number of benzene rings is 3. The van der Waals surface area contributed by atoms with Gasteiger partial charge in [0.25, 0.3) is 10.0 Å². The smallest absolute Gasteiger partial charge is 0.265 e. The van der Waals surface area contributed by atoms with Gasteiger partial charge in [-0.3, -0.25) is 9.52 Å². The summed E-state index contributed by atoms with van der Waals surface area (Å²) in [5, 5.41) is 2.98. The van der Waals surface area contributed by atoms with Crippen LogP contribution < -0.4 is 19.5 Å².